The zero-order valence-corrected chi connectivity index (χ0v) is 10.7. The monoisotopic (exact) mass is 222 g/mol. The van der Waals surface area contributed by atoms with Gasteiger partial charge in [0, 0.05) is 0 Å². The molecule has 0 fully saturated rings. The van der Waals surface area contributed by atoms with E-state index in [0.29, 0.717) is 16.9 Å². The molecule has 0 spiro atoms. The molecule has 0 aliphatic heterocycles. The first-order valence-corrected chi connectivity index (χ1v) is 5.71. The Bertz CT molecular complexity index is 298. The average molecular weight is 222 g/mol. The number of hydrogen-bond acceptors (Lipinski definition) is 2. The molecular formula is C14H22O2. The molecule has 0 bridgehead atoms. The summed E-state index contributed by atoms with van der Waals surface area (Å²) in [4.78, 5) is 11.0. The maximum absolute atomic E-state index is 11.0. The third-order valence-electron chi connectivity index (χ3n) is 2.28. The fraction of sp³-hybridized carbons (Fsp3) is 0.500. The van der Waals surface area contributed by atoms with Gasteiger partial charge in [-0.05, 0) is 32.8 Å². The van der Waals surface area contributed by atoms with Gasteiger partial charge >= 0.3 is 0 Å². The molecule has 1 atom stereocenters. The summed E-state index contributed by atoms with van der Waals surface area (Å²) in [5.74, 6) is 0.652. The second-order valence-corrected chi connectivity index (χ2v) is 3.83. The molecule has 0 N–H and O–H groups in total. The zero-order valence-electron chi connectivity index (χ0n) is 10.7. The van der Waals surface area contributed by atoms with Gasteiger partial charge in [0.2, 0.25) is 0 Å². The number of rotatable bonds is 7. The lowest BCUT2D eigenvalue weighted by atomic mass is 10.1. The Kier molecular flexibility index (Phi) is 7.27. The molecule has 0 heterocycles. The van der Waals surface area contributed by atoms with E-state index in [0.717, 1.165) is 19.1 Å². The van der Waals surface area contributed by atoms with Crippen molar-refractivity contribution in [2.24, 2.45) is 0 Å². The van der Waals surface area contributed by atoms with E-state index in [2.05, 4.69) is 13.5 Å². The molecule has 0 aliphatic rings. The minimum Gasteiger partial charge on any atom is -0.495 e. The van der Waals surface area contributed by atoms with Gasteiger partial charge in [0.25, 0.3) is 0 Å². The van der Waals surface area contributed by atoms with Crippen LogP contribution in [0.1, 0.15) is 40.5 Å². The summed E-state index contributed by atoms with van der Waals surface area (Å²) in [6.07, 6.45) is 6.66. The van der Waals surface area contributed by atoms with Crippen LogP contribution in [-0.2, 0) is 9.53 Å². The molecule has 0 aromatic heterocycles. The summed E-state index contributed by atoms with van der Waals surface area (Å²) in [6, 6.07) is 0. The maximum atomic E-state index is 11.0. The molecule has 0 radical (unpaired) electrons. The molecule has 0 rings (SSSR count). The molecule has 0 unspecified atom stereocenters. The molecule has 0 saturated heterocycles. The van der Waals surface area contributed by atoms with Crippen LogP contribution in [0, 0.1) is 0 Å². The Hall–Kier alpha value is -1.31. The second kappa shape index (κ2) is 7.91. The Morgan fingerprint density at radius 2 is 2.12 bits per heavy atom. The van der Waals surface area contributed by atoms with Crippen LogP contribution in [0.25, 0.3) is 0 Å². The van der Waals surface area contributed by atoms with E-state index in [4.69, 9.17) is 4.74 Å². The Morgan fingerprint density at radius 1 is 1.50 bits per heavy atom. The van der Waals surface area contributed by atoms with Crippen molar-refractivity contribution in [3.63, 3.8) is 0 Å². The Labute approximate surface area is 98.7 Å². The highest BCUT2D eigenvalue weighted by atomic mass is 16.5. The van der Waals surface area contributed by atoms with Crippen molar-refractivity contribution >= 4 is 6.29 Å². The van der Waals surface area contributed by atoms with Gasteiger partial charge in [0.15, 0.2) is 6.29 Å². The SMILES string of the molecule is C=C(/C=C\C)/C(C=O)=C(\C)O[C@H](C)CCC. The number of hydrogen-bond donors (Lipinski definition) is 0. The smallest absolute Gasteiger partial charge is 0.154 e. The molecule has 2 heteroatoms. The average Bonchev–Trinajstić information content (AvgIpc) is 2.19. The van der Waals surface area contributed by atoms with E-state index in [1.807, 2.05) is 26.8 Å². The summed E-state index contributed by atoms with van der Waals surface area (Å²) < 4.78 is 5.66. The van der Waals surface area contributed by atoms with Gasteiger partial charge in [-0.15, -0.1) is 0 Å². The van der Waals surface area contributed by atoms with Crippen molar-refractivity contribution in [2.45, 2.75) is 46.6 Å². The fourth-order valence-electron chi connectivity index (χ4n) is 1.51. The van der Waals surface area contributed by atoms with Gasteiger partial charge in [0.1, 0.15) is 5.76 Å². The fourth-order valence-corrected chi connectivity index (χ4v) is 1.51. The van der Waals surface area contributed by atoms with E-state index < -0.39 is 0 Å². The maximum Gasteiger partial charge on any atom is 0.154 e. The standard InChI is InChI=1S/C14H22O2/c1-6-8-11(3)14(10-15)13(5)16-12(4)9-7-2/h6,8,10,12H,3,7,9H2,1-2,4-5H3/b8-6-,14-13+/t12-/m1/s1. The van der Waals surface area contributed by atoms with Crippen LogP contribution in [0.3, 0.4) is 0 Å². The number of allylic oxidation sites excluding steroid dienone is 5. The predicted molar refractivity (Wildman–Crippen MR) is 68.2 cm³/mol. The van der Waals surface area contributed by atoms with E-state index >= 15 is 0 Å². The molecule has 0 saturated carbocycles. The van der Waals surface area contributed by atoms with Crippen molar-refractivity contribution in [2.75, 3.05) is 0 Å². The first kappa shape index (κ1) is 14.7. The van der Waals surface area contributed by atoms with E-state index in [-0.39, 0.29) is 6.10 Å². The number of carbonyl (C=O) groups is 1. The van der Waals surface area contributed by atoms with Gasteiger partial charge < -0.3 is 4.74 Å². The van der Waals surface area contributed by atoms with Crippen molar-refractivity contribution in [1.82, 2.24) is 0 Å². The Balaban J connectivity index is 4.74. The number of aldehydes is 1. The van der Waals surface area contributed by atoms with Crippen molar-refractivity contribution in [3.8, 4) is 0 Å². The van der Waals surface area contributed by atoms with Crippen LogP contribution < -0.4 is 0 Å². The minimum absolute atomic E-state index is 0.137. The van der Waals surface area contributed by atoms with Crippen molar-refractivity contribution in [1.29, 1.82) is 0 Å². The molecule has 0 aromatic carbocycles. The molecular weight excluding hydrogens is 200 g/mol. The van der Waals surface area contributed by atoms with Crippen LogP contribution >= 0.6 is 0 Å². The van der Waals surface area contributed by atoms with Gasteiger partial charge in [0.05, 0.1) is 11.7 Å². The third kappa shape index (κ3) is 4.96. The lowest BCUT2D eigenvalue weighted by molar-refractivity contribution is -0.104. The first-order valence-electron chi connectivity index (χ1n) is 5.71. The van der Waals surface area contributed by atoms with E-state index in [9.17, 15) is 4.79 Å². The topological polar surface area (TPSA) is 26.3 Å². The predicted octanol–water partition coefficient (Wildman–Crippen LogP) is 3.80. The van der Waals surface area contributed by atoms with Crippen LogP contribution in [0.4, 0.5) is 0 Å². The second-order valence-electron chi connectivity index (χ2n) is 3.83. The van der Waals surface area contributed by atoms with Crippen molar-refractivity contribution < 1.29 is 9.53 Å². The minimum atomic E-state index is 0.137. The van der Waals surface area contributed by atoms with Crippen LogP contribution in [-0.4, -0.2) is 12.4 Å². The van der Waals surface area contributed by atoms with E-state index in [1.165, 1.54) is 0 Å². The Morgan fingerprint density at radius 3 is 2.56 bits per heavy atom. The normalized spacial score (nSPS) is 14.5. The summed E-state index contributed by atoms with van der Waals surface area (Å²) in [5, 5.41) is 0. The highest BCUT2D eigenvalue weighted by Gasteiger charge is 2.08. The third-order valence-corrected chi connectivity index (χ3v) is 2.28. The van der Waals surface area contributed by atoms with Crippen LogP contribution in [0.2, 0.25) is 0 Å². The lowest BCUT2D eigenvalue weighted by Crippen LogP contribution is -2.08. The summed E-state index contributed by atoms with van der Waals surface area (Å²) in [7, 11) is 0. The summed E-state index contributed by atoms with van der Waals surface area (Å²) in [5.41, 5.74) is 1.24. The molecule has 0 amide bonds. The lowest BCUT2D eigenvalue weighted by Gasteiger charge is -2.16. The first-order chi connectivity index (χ1) is 7.56. The quantitative estimate of drug-likeness (QED) is 0.283. The molecule has 2 nitrogen and oxygen atoms in total. The zero-order chi connectivity index (χ0) is 12.6. The largest absolute Gasteiger partial charge is 0.495 e. The molecule has 16 heavy (non-hydrogen) atoms. The molecule has 90 valence electrons. The molecule has 0 aliphatic carbocycles. The summed E-state index contributed by atoms with van der Waals surface area (Å²) >= 11 is 0. The van der Waals surface area contributed by atoms with Crippen LogP contribution in [0.5, 0.6) is 0 Å². The van der Waals surface area contributed by atoms with Crippen molar-refractivity contribution in [3.05, 3.63) is 35.6 Å². The highest BCUT2D eigenvalue weighted by Crippen LogP contribution is 2.16. The van der Waals surface area contributed by atoms with Gasteiger partial charge in [-0.3, -0.25) is 4.79 Å². The van der Waals surface area contributed by atoms with Crippen LogP contribution in [0.15, 0.2) is 35.6 Å². The van der Waals surface area contributed by atoms with Gasteiger partial charge in [-0.2, -0.15) is 0 Å². The van der Waals surface area contributed by atoms with Gasteiger partial charge in [-0.1, -0.05) is 32.1 Å². The van der Waals surface area contributed by atoms with Gasteiger partial charge in [-0.25, -0.2) is 0 Å². The highest BCUT2D eigenvalue weighted by molar-refractivity contribution is 5.82. The number of carbonyl (C=O) groups excluding carboxylic acids is 1. The number of ether oxygens (including phenoxy) is 1. The molecule has 0 aromatic rings. The van der Waals surface area contributed by atoms with E-state index in [1.54, 1.807) is 6.08 Å². The summed E-state index contributed by atoms with van der Waals surface area (Å²) in [6.45, 7) is 11.7.